The summed E-state index contributed by atoms with van der Waals surface area (Å²) in [6.45, 7) is -0.223. The summed E-state index contributed by atoms with van der Waals surface area (Å²) in [4.78, 5) is 33.5. The van der Waals surface area contributed by atoms with E-state index in [1.165, 1.54) is 31.4 Å². The van der Waals surface area contributed by atoms with E-state index >= 15 is 0 Å². The molecule has 26 heavy (non-hydrogen) atoms. The Hall–Kier alpha value is -3.19. The van der Waals surface area contributed by atoms with Crippen molar-refractivity contribution in [2.45, 2.75) is 0 Å². The molecule has 0 heterocycles. The van der Waals surface area contributed by atoms with Crippen LogP contribution in [0.1, 0.15) is 15.9 Å². The fraction of sp³-hybridized carbons (Fsp3) is 0.111. The van der Waals surface area contributed by atoms with E-state index in [1.807, 2.05) is 0 Å². The van der Waals surface area contributed by atoms with E-state index in [1.54, 1.807) is 30.3 Å². The molecule has 0 aliphatic heterocycles. The van der Waals surface area contributed by atoms with Crippen LogP contribution in [-0.2, 0) is 9.53 Å². The molecule has 0 aromatic heterocycles. The van der Waals surface area contributed by atoms with E-state index in [-0.39, 0.29) is 23.1 Å². The Labute approximate surface area is 153 Å². The minimum absolute atomic E-state index is 0.0287. The summed E-state index contributed by atoms with van der Waals surface area (Å²) in [5, 5.41) is 10.9. The zero-order valence-electron chi connectivity index (χ0n) is 13.7. The number of nitro benzene ring substituents is 1. The molecule has 0 saturated heterocycles. The van der Waals surface area contributed by atoms with Crippen molar-refractivity contribution >= 4 is 35.1 Å². The summed E-state index contributed by atoms with van der Waals surface area (Å²) in [5.74, 6) is -0.378. The van der Waals surface area contributed by atoms with E-state index in [0.717, 1.165) is 0 Å². The molecule has 0 N–H and O–H groups in total. The number of nitro groups is 1. The second kappa shape index (κ2) is 8.77. The van der Waals surface area contributed by atoms with Crippen LogP contribution in [0.2, 0.25) is 5.02 Å². The van der Waals surface area contributed by atoms with Crippen molar-refractivity contribution in [3.8, 4) is 5.75 Å². The fourth-order valence-corrected chi connectivity index (χ4v) is 2.14. The molecule has 0 aliphatic rings. The number of allylic oxidation sites excluding steroid dienone is 1. The van der Waals surface area contributed by atoms with Crippen LogP contribution in [0.3, 0.4) is 0 Å². The van der Waals surface area contributed by atoms with Crippen LogP contribution in [0.25, 0.3) is 6.08 Å². The summed E-state index contributed by atoms with van der Waals surface area (Å²) in [7, 11) is 1.26. The first-order valence-corrected chi connectivity index (χ1v) is 7.74. The van der Waals surface area contributed by atoms with Crippen LogP contribution in [0.4, 0.5) is 5.69 Å². The molecular formula is C18H14ClNO6. The lowest BCUT2D eigenvalue weighted by Crippen LogP contribution is -2.12. The molecule has 2 aromatic rings. The second-order valence-electron chi connectivity index (χ2n) is 5.05. The number of ether oxygens (including phenoxy) is 2. The molecule has 0 fully saturated rings. The third-order valence-electron chi connectivity index (χ3n) is 3.32. The van der Waals surface area contributed by atoms with E-state index < -0.39 is 10.9 Å². The number of carbonyl (C=O) groups is 2. The number of benzene rings is 2. The summed E-state index contributed by atoms with van der Waals surface area (Å²) < 4.78 is 9.65. The topological polar surface area (TPSA) is 95.7 Å². The molecule has 134 valence electrons. The van der Waals surface area contributed by atoms with Gasteiger partial charge in [0.15, 0.2) is 12.4 Å². The van der Waals surface area contributed by atoms with E-state index in [9.17, 15) is 19.7 Å². The number of ketones is 1. The second-order valence-corrected chi connectivity index (χ2v) is 5.46. The van der Waals surface area contributed by atoms with E-state index in [2.05, 4.69) is 4.74 Å². The Balaban J connectivity index is 2.05. The minimum Gasteiger partial charge on any atom is -0.482 e. The smallest absolute Gasteiger partial charge is 0.343 e. The maximum Gasteiger partial charge on any atom is 0.343 e. The number of carbonyl (C=O) groups excluding carboxylic acids is 2. The normalized spacial score (nSPS) is 10.5. The maximum absolute atomic E-state index is 12.2. The Morgan fingerprint density at radius 1 is 1.19 bits per heavy atom. The molecule has 8 heteroatoms. The van der Waals surface area contributed by atoms with Gasteiger partial charge in [-0.2, -0.15) is 0 Å². The predicted octanol–water partition coefficient (Wildman–Crippen LogP) is 3.70. The number of hydrogen-bond acceptors (Lipinski definition) is 6. The highest BCUT2D eigenvalue weighted by Crippen LogP contribution is 2.25. The number of halogens is 1. The van der Waals surface area contributed by atoms with Gasteiger partial charge in [-0.05, 0) is 42.0 Å². The maximum atomic E-state index is 12.2. The largest absolute Gasteiger partial charge is 0.482 e. The third kappa shape index (κ3) is 5.15. The lowest BCUT2D eigenvalue weighted by molar-refractivity contribution is -0.384. The molecule has 0 unspecified atom stereocenters. The van der Waals surface area contributed by atoms with Crippen molar-refractivity contribution in [3.05, 3.63) is 74.8 Å². The quantitative estimate of drug-likeness (QED) is 0.241. The van der Waals surface area contributed by atoms with Gasteiger partial charge in [0.1, 0.15) is 10.8 Å². The number of hydrogen-bond donors (Lipinski definition) is 0. The Morgan fingerprint density at radius 2 is 1.88 bits per heavy atom. The van der Waals surface area contributed by atoms with E-state index in [4.69, 9.17) is 16.3 Å². The van der Waals surface area contributed by atoms with Crippen LogP contribution in [0.15, 0.2) is 48.5 Å². The average Bonchev–Trinajstić information content (AvgIpc) is 2.65. The Bertz CT molecular complexity index is 860. The zero-order valence-corrected chi connectivity index (χ0v) is 14.4. The number of methoxy groups -OCH3 is 1. The van der Waals surface area contributed by atoms with Crippen LogP contribution in [0.5, 0.6) is 5.75 Å². The molecule has 0 bridgehead atoms. The molecule has 0 aliphatic carbocycles. The SMILES string of the molecule is COC(=O)COc1ccc(C(=O)/C=C/c2ccc(Cl)c([N+](=O)[O-])c2)cc1. The van der Waals surface area contributed by atoms with Crippen LogP contribution in [0, 0.1) is 10.1 Å². The molecule has 0 amide bonds. The molecule has 2 aromatic carbocycles. The van der Waals surface area contributed by atoms with Crippen LogP contribution in [-0.4, -0.2) is 30.4 Å². The third-order valence-corrected chi connectivity index (χ3v) is 3.64. The van der Waals surface area contributed by atoms with Gasteiger partial charge in [0.25, 0.3) is 5.69 Å². The minimum atomic E-state index is -0.589. The van der Waals surface area contributed by atoms with Crippen molar-refractivity contribution in [3.63, 3.8) is 0 Å². The van der Waals surface area contributed by atoms with Gasteiger partial charge >= 0.3 is 5.97 Å². The van der Waals surface area contributed by atoms with Crippen LogP contribution < -0.4 is 4.74 Å². The number of esters is 1. The lowest BCUT2D eigenvalue weighted by Gasteiger charge is -2.05. The molecule has 0 spiro atoms. The highest BCUT2D eigenvalue weighted by molar-refractivity contribution is 6.32. The van der Waals surface area contributed by atoms with Gasteiger partial charge in [0.2, 0.25) is 0 Å². The summed E-state index contributed by atoms with van der Waals surface area (Å²) >= 11 is 5.75. The zero-order chi connectivity index (χ0) is 19.1. The molecule has 0 saturated carbocycles. The van der Waals surface area contributed by atoms with Gasteiger partial charge in [-0.3, -0.25) is 14.9 Å². The first-order chi connectivity index (χ1) is 12.4. The summed E-state index contributed by atoms with van der Waals surface area (Å²) in [5.41, 5.74) is 0.649. The fourth-order valence-electron chi connectivity index (χ4n) is 1.96. The van der Waals surface area contributed by atoms with Crippen molar-refractivity contribution in [1.82, 2.24) is 0 Å². The monoisotopic (exact) mass is 375 g/mol. The molecule has 2 rings (SSSR count). The van der Waals surface area contributed by atoms with Crippen molar-refractivity contribution in [2.24, 2.45) is 0 Å². The molecule has 0 atom stereocenters. The Kier molecular flexibility index (Phi) is 6.46. The van der Waals surface area contributed by atoms with Gasteiger partial charge in [-0.1, -0.05) is 23.7 Å². The Morgan fingerprint density at radius 3 is 2.50 bits per heavy atom. The lowest BCUT2D eigenvalue weighted by atomic mass is 10.1. The molecular weight excluding hydrogens is 362 g/mol. The average molecular weight is 376 g/mol. The first-order valence-electron chi connectivity index (χ1n) is 7.36. The van der Waals surface area contributed by atoms with E-state index in [0.29, 0.717) is 16.9 Å². The number of rotatable bonds is 7. The van der Waals surface area contributed by atoms with Gasteiger partial charge in [0, 0.05) is 11.6 Å². The number of nitrogens with zero attached hydrogens (tertiary/aromatic N) is 1. The standard InChI is InChI=1S/C18H14ClNO6/c1-25-18(22)11-26-14-6-4-13(5-7-14)17(21)9-3-12-2-8-15(19)16(10-12)20(23)24/h2-10H,11H2,1H3/b9-3+. The predicted molar refractivity (Wildman–Crippen MR) is 95.4 cm³/mol. The first kappa shape index (κ1) is 19.1. The highest BCUT2D eigenvalue weighted by Gasteiger charge is 2.12. The summed E-state index contributed by atoms with van der Waals surface area (Å²) in [6, 6.07) is 10.5. The van der Waals surface area contributed by atoms with Crippen molar-refractivity contribution in [1.29, 1.82) is 0 Å². The van der Waals surface area contributed by atoms with Crippen molar-refractivity contribution in [2.75, 3.05) is 13.7 Å². The highest BCUT2D eigenvalue weighted by atomic mass is 35.5. The van der Waals surface area contributed by atoms with Crippen molar-refractivity contribution < 1.29 is 24.0 Å². The van der Waals surface area contributed by atoms with Gasteiger partial charge < -0.3 is 9.47 Å². The van der Waals surface area contributed by atoms with Gasteiger partial charge in [0.05, 0.1) is 12.0 Å². The van der Waals surface area contributed by atoms with Gasteiger partial charge in [-0.15, -0.1) is 0 Å². The molecule has 7 nitrogen and oxygen atoms in total. The van der Waals surface area contributed by atoms with Crippen LogP contribution >= 0.6 is 11.6 Å². The summed E-state index contributed by atoms with van der Waals surface area (Å²) in [6.07, 6.45) is 2.77. The molecule has 0 radical (unpaired) electrons. The van der Waals surface area contributed by atoms with Gasteiger partial charge in [-0.25, -0.2) is 4.79 Å².